The fourth-order valence-corrected chi connectivity index (χ4v) is 3.11. The van der Waals surface area contributed by atoms with Gasteiger partial charge in [0.25, 0.3) is 0 Å². The van der Waals surface area contributed by atoms with E-state index in [-0.39, 0.29) is 30.3 Å². The van der Waals surface area contributed by atoms with E-state index in [2.05, 4.69) is 20.3 Å². The molecule has 0 radical (unpaired) electrons. The lowest BCUT2D eigenvalue weighted by atomic mass is 10.00. The lowest BCUT2D eigenvalue weighted by Gasteiger charge is -2.19. The molecule has 3 aromatic heterocycles. The van der Waals surface area contributed by atoms with Crippen molar-refractivity contribution < 1.29 is 27.8 Å². The Bertz CT molecular complexity index is 1040. The molecule has 2 N–H and O–H groups in total. The fourth-order valence-electron chi connectivity index (χ4n) is 3.11. The molecule has 0 aliphatic rings. The largest absolute Gasteiger partial charge is 0.481 e. The number of hydrogen-bond acceptors (Lipinski definition) is 5. The van der Waals surface area contributed by atoms with E-state index in [0.29, 0.717) is 11.3 Å². The number of carboxylic acid groups (broad SMARTS) is 1. The third kappa shape index (κ3) is 5.22. The van der Waals surface area contributed by atoms with Crippen LogP contribution in [0.1, 0.15) is 60.5 Å². The molecular weight excluding hydrogens is 415 g/mol. The van der Waals surface area contributed by atoms with Crippen LogP contribution < -0.4 is 4.74 Å². The molecule has 0 amide bonds. The Morgan fingerprint density at radius 1 is 1.29 bits per heavy atom. The van der Waals surface area contributed by atoms with Crippen LogP contribution >= 0.6 is 0 Å². The van der Waals surface area contributed by atoms with Gasteiger partial charge in [0, 0.05) is 36.3 Å². The summed E-state index contributed by atoms with van der Waals surface area (Å²) in [4.78, 5) is 14.8. The normalized spacial score (nSPS) is 12.9. The van der Waals surface area contributed by atoms with E-state index in [0.717, 1.165) is 18.0 Å². The van der Waals surface area contributed by atoms with Crippen LogP contribution in [0.3, 0.4) is 0 Å². The number of alkyl halides is 3. The minimum absolute atomic E-state index is 0.0490. The molecule has 31 heavy (non-hydrogen) atoms. The van der Waals surface area contributed by atoms with E-state index in [1.165, 1.54) is 10.7 Å². The minimum atomic E-state index is -4.50. The Hall–Kier alpha value is -3.37. The average Bonchev–Trinajstić information content (AvgIpc) is 3.30. The topological polar surface area (TPSA) is 106 Å². The summed E-state index contributed by atoms with van der Waals surface area (Å²) in [6.07, 6.45) is -2.86. The summed E-state index contributed by atoms with van der Waals surface area (Å²) >= 11 is 0. The first-order valence-electron chi connectivity index (χ1n) is 9.54. The molecule has 0 saturated heterocycles. The molecule has 1 atom stereocenters. The van der Waals surface area contributed by atoms with Gasteiger partial charge in [-0.05, 0) is 24.5 Å². The van der Waals surface area contributed by atoms with Crippen LogP contribution in [0.25, 0.3) is 0 Å². The smallest absolute Gasteiger partial charge is 0.417 e. The number of aliphatic carboxylic acids is 1. The number of aromatic nitrogens is 5. The molecule has 8 nitrogen and oxygen atoms in total. The molecule has 0 fully saturated rings. The number of carbonyl (C=O) groups is 1. The van der Waals surface area contributed by atoms with Crippen LogP contribution in [0.2, 0.25) is 0 Å². The molecule has 0 spiro atoms. The highest BCUT2D eigenvalue weighted by molar-refractivity contribution is 5.67. The quantitative estimate of drug-likeness (QED) is 0.554. The van der Waals surface area contributed by atoms with E-state index < -0.39 is 23.8 Å². The Kier molecular flexibility index (Phi) is 6.32. The van der Waals surface area contributed by atoms with Gasteiger partial charge < -0.3 is 9.84 Å². The maximum Gasteiger partial charge on any atom is 0.417 e. The summed E-state index contributed by atoms with van der Waals surface area (Å²) in [6.45, 7) is 3.89. The lowest BCUT2D eigenvalue weighted by Crippen LogP contribution is -2.15. The Morgan fingerprint density at radius 2 is 2.03 bits per heavy atom. The number of H-pyrrole nitrogens is 1. The molecule has 166 valence electrons. The maximum absolute atomic E-state index is 12.9. The molecule has 3 heterocycles. The standard InChI is InChI=1S/C20H22F3N5O3/c1-11(2)18-14(10-25-26-18)19(15-6-4-12(9-24-15)20(21,22)23)31-16-8-13(28(3)27-16)5-7-17(29)30/h4,6,8-11,19H,5,7H2,1-3H3,(H,25,26)(H,29,30). The number of aryl methyl sites for hydroxylation is 2. The number of nitrogens with zero attached hydrogens (tertiary/aromatic N) is 4. The zero-order valence-corrected chi connectivity index (χ0v) is 17.1. The molecule has 0 aliphatic carbocycles. The molecule has 1 unspecified atom stereocenters. The molecule has 0 saturated carbocycles. The highest BCUT2D eigenvalue weighted by Crippen LogP contribution is 2.33. The lowest BCUT2D eigenvalue weighted by molar-refractivity contribution is -0.138. The second-order valence-electron chi connectivity index (χ2n) is 7.35. The third-order valence-electron chi connectivity index (χ3n) is 4.73. The van der Waals surface area contributed by atoms with Gasteiger partial charge in [0.1, 0.15) is 0 Å². The van der Waals surface area contributed by atoms with Crippen LogP contribution in [0.4, 0.5) is 13.2 Å². The summed E-state index contributed by atoms with van der Waals surface area (Å²) < 4.78 is 46.4. The predicted octanol–water partition coefficient (Wildman–Crippen LogP) is 3.87. The summed E-state index contributed by atoms with van der Waals surface area (Å²) in [7, 11) is 1.66. The van der Waals surface area contributed by atoms with Crippen molar-refractivity contribution in [2.45, 2.75) is 44.9 Å². The second-order valence-corrected chi connectivity index (χ2v) is 7.35. The molecule has 0 aliphatic heterocycles. The average molecular weight is 437 g/mol. The minimum Gasteiger partial charge on any atom is -0.481 e. The van der Waals surface area contributed by atoms with Gasteiger partial charge in [0.15, 0.2) is 6.10 Å². The zero-order chi connectivity index (χ0) is 22.8. The van der Waals surface area contributed by atoms with Crippen molar-refractivity contribution >= 4 is 5.97 Å². The zero-order valence-electron chi connectivity index (χ0n) is 17.1. The summed E-state index contributed by atoms with van der Waals surface area (Å²) in [6, 6.07) is 3.82. The highest BCUT2D eigenvalue weighted by Gasteiger charge is 2.32. The van der Waals surface area contributed by atoms with Crippen LogP contribution in [0, 0.1) is 0 Å². The fraction of sp³-hybridized carbons (Fsp3) is 0.400. The first-order chi connectivity index (χ1) is 14.6. The monoisotopic (exact) mass is 437 g/mol. The predicted molar refractivity (Wildman–Crippen MR) is 104 cm³/mol. The number of halogens is 3. The number of nitrogens with one attached hydrogen (secondary N) is 1. The van der Waals surface area contributed by atoms with Crippen molar-refractivity contribution in [1.29, 1.82) is 0 Å². The maximum atomic E-state index is 12.9. The van der Waals surface area contributed by atoms with Crippen LogP contribution in [-0.4, -0.2) is 36.0 Å². The van der Waals surface area contributed by atoms with Gasteiger partial charge >= 0.3 is 12.1 Å². The van der Waals surface area contributed by atoms with Crippen molar-refractivity contribution in [3.8, 4) is 5.88 Å². The molecule has 3 rings (SSSR count). The Labute approximate surface area is 176 Å². The number of ether oxygens (including phenoxy) is 1. The van der Waals surface area contributed by atoms with Gasteiger partial charge in [-0.25, -0.2) is 0 Å². The Balaban J connectivity index is 1.96. The van der Waals surface area contributed by atoms with Crippen molar-refractivity contribution in [3.05, 3.63) is 58.8 Å². The highest BCUT2D eigenvalue weighted by atomic mass is 19.4. The van der Waals surface area contributed by atoms with Gasteiger partial charge in [0.2, 0.25) is 5.88 Å². The van der Waals surface area contributed by atoms with Crippen molar-refractivity contribution in [3.63, 3.8) is 0 Å². The molecular formula is C20H22F3N5O3. The van der Waals surface area contributed by atoms with Crippen molar-refractivity contribution in [2.24, 2.45) is 7.05 Å². The van der Waals surface area contributed by atoms with Crippen LogP contribution in [0.15, 0.2) is 30.6 Å². The molecule has 11 heteroatoms. The van der Waals surface area contributed by atoms with Gasteiger partial charge in [-0.1, -0.05) is 13.8 Å². The van der Waals surface area contributed by atoms with E-state index in [1.54, 1.807) is 19.3 Å². The van der Waals surface area contributed by atoms with E-state index >= 15 is 0 Å². The summed E-state index contributed by atoms with van der Waals surface area (Å²) in [5, 5.41) is 20.1. The molecule has 3 aromatic rings. The van der Waals surface area contributed by atoms with Crippen LogP contribution in [-0.2, 0) is 24.4 Å². The SMILES string of the molecule is CC(C)c1[nH]ncc1C(Oc1cc(CCC(=O)O)n(C)n1)c1ccc(C(F)(F)F)cn1. The first-order valence-corrected chi connectivity index (χ1v) is 9.54. The molecule has 0 aromatic carbocycles. The molecule has 0 bridgehead atoms. The van der Waals surface area contributed by atoms with Gasteiger partial charge in [-0.15, -0.1) is 5.10 Å². The number of rotatable bonds is 8. The van der Waals surface area contributed by atoms with Gasteiger partial charge in [0.05, 0.1) is 23.9 Å². The van der Waals surface area contributed by atoms with E-state index in [9.17, 15) is 18.0 Å². The number of hydrogen-bond donors (Lipinski definition) is 2. The van der Waals surface area contributed by atoms with Crippen molar-refractivity contribution in [2.75, 3.05) is 0 Å². The Morgan fingerprint density at radius 3 is 2.61 bits per heavy atom. The first kappa shape index (κ1) is 22.3. The second kappa shape index (κ2) is 8.78. The van der Waals surface area contributed by atoms with E-state index in [4.69, 9.17) is 9.84 Å². The van der Waals surface area contributed by atoms with Gasteiger partial charge in [-0.2, -0.15) is 18.3 Å². The van der Waals surface area contributed by atoms with E-state index in [1.807, 2.05) is 13.8 Å². The van der Waals surface area contributed by atoms with Gasteiger partial charge in [-0.3, -0.25) is 19.6 Å². The van der Waals surface area contributed by atoms with Crippen molar-refractivity contribution in [1.82, 2.24) is 25.0 Å². The number of pyridine rings is 1. The third-order valence-corrected chi connectivity index (χ3v) is 4.73. The number of aromatic amines is 1. The van der Waals surface area contributed by atoms with Crippen LogP contribution in [0.5, 0.6) is 5.88 Å². The summed E-state index contributed by atoms with van der Waals surface area (Å²) in [5.41, 5.74) is 1.43. The summed E-state index contributed by atoms with van der Waals surface area (Å²) in [5.74, 6) is -0.686. The number of carboxylic acids is 1.